The van der Waals surface area contributed by atoms with E-state index in [2.05, 4.69) is 19.9 Å². The van der Waals surface area contributed by atoms with Gasteiger partial charge in [0, 0.05) is 0 Å². The lowest BCUT2D eigenvalue weighted by molar-refractivity contribution is 0.00958. The largest absolute Gasteiger partial charge is 0.467 e. The zero-order valence-corrected chi connectivity index (χ0v) is 9.45. The summed E-state index contributed by atoms with van der Waals surface area (Å²) in [6.07, 6.45) is 2.65. The molecule has 82 valence electrons. The Bertz CT molecular complexity index is 329. The number of aryl methyl sites for hydroxylation is 1. The normalized spacial score (nSPS) is 15.3. The summed E-state index contributed by atoms with van der Waals surface area (Å²) in [5, 5.41) is 0. The van der Waals surface area contributed by atoms with Crippen LogP contribution in [0.5, 0.6) is 5.75 Å². The van der Waals surface area contributed by atoms with Crippen LogP contribution in [-0.4, -0.2) is 13.4 Å². The number of benzene rings is 1. The Balaban J connectivity index is 1.78. The summed E-state index contributed by atoms with van der Waals surface area (Å²) >= 11 is 0. The quantitative estimate of drug-likeness (QED) is 0.544. The Morgan fingerprint density at radius 1 is 1.27 bits per heavy atom. The van der Waals surface area contributed by atoms with Crippen molar-refractivity contribution in [2.24, 2.45) is 5.92 Å². The molecule has 0 spiro atoms. The van der Waals surface area contributed by atoms with Gasteiger partial charge in [-0.1, -0.05) is 12.1 Å². The van der Waals surface area contributed by atoms with Crippen LogP contribution in [0.4, 0.5) is 0 Å². The van der Waals surface area contributed by atoms with Crippen LogP contribution in [0.3, 0.4) is 0 Å². The predicted molar refractivity (Wildman–Crippen MR) is 60.1 cm³/mol. The first-order valence-electron chi connectivity index (χ1n) is 5.54. The van der Waals surface area contributed by atoms with Gasteiger partial charge in [0.2, 0.25) is 0 Å². The van der Waals surface area contributed by atoms with Crippen LogP contribution in [0.15, 0.2) is 18.2 Å². The maximum absolute atomic E-state index is 5.57. The topological polar surface area (TPSA) is 18.5 Å². The second-order valence-electron chi connectivity index (χ2n) is 4.27. The zero-order chi connectivity index (χ0) is 10.7. The molecule has 0 N–H and O–H groups in total. The molecule has 0 radical (unpaired) electrons. The fraction of sp³-hybridized carbons (Fsp3) is 0.538. The van der Waals surface area contributed by atoms with Crippen LogP contribution in [-0.2, 0) is 4.74 Å². The number of rotatable bonds is 5. The lowest BCUT2D eigenvalue weighted by atomic mass is 10.1. The summed E-state index contributed by atoms with van der Waals surface area (Å²) in [7, 11) is 0. The van der Waals surface area contributed by atoms with E-state index in [0.717, 1.165) is 18.3 Å². The van der Waals surface area contributed by atoms with Crippen LogP contribution >= 0.6 is 0 Å². The zero-order valence-electron chi connectivity index (χ0n) is 9.45. The van der Waals surface area contributed by atoms with E-state index in [4.69, 9.17) is 9.47 Å². The Kier molecular flexibility index (Phi) is 3.27. The van der Waals surface area contributed by atoms with Crippen molar-refractivity contribution >= 4 is 0 Å². The molecule has 2 heteroatoms. The summed E-state index contributed by atoms with van der Waals surface area (Å²) in [6, 6.07) is 6.09. The SMILES string of the molecule is Cc1cccc(OCOCC2CC2)c1C. The molecule has 0 amide bonds. The Labute approximate surface area is 91.2 Å². The number of hydrogen-bond acceptors (Lipinski definition) is 2. The molecule has 1 fully saturated rings. The van der Waals surface area contributed by atoms with Gasteiger partial charge in [-0.3, -0.25) is 0 Å². The van der Waals surface area contributed by atoms with Crippen molar-refractivity contribution in [2.45, 2.75) is 26.7 Å². The van der Waals surface area contributed by atoms with Crippen molar-refractivity contribution in [1.29, 1.82) is 0 Å². The van der Waals surface area contributed by atoms with Crippen molar-refractivity contribution in [2.75, 3.05) is 13.4 Å². The summed E-state index contributed by atoms with van der Waals surface area (Å²) in [4.78, 5) is 0. The van der Waals surface area contributed by atoms with E-state index in [9.17, 15) is 0 Å². The van der Waals surface area contributed by atoms with Crippen molar-refractivity contribution in [1.82, 2.24) is 0 Å². The Morgan fingerprint density at radius 2 is 2.07 bits per heavy atom. The predicted octanol–water partition coefficient (Wildman–Crippen LogP) is 3.07. The van der Waals surface area contributed by atoms with E-state index >= 15 is 0 Å². The van der Waals surface area contributed by atoms with E-state index in [1.807, 2.05) is 12.1 Å². The van der Waals surface area contributed by atoms with Crippen molar-refractivity contribution in [3.05, 3.63) is 29.3 Å². The average molecular weight is 206 g/mol. The third-order valence-corrected chi connectivity index (χ3v) is 2.90. The molecule has 2 nitrogen and oxygen atoms in total. The first-order valence-corrected chi connectivity index (χ1v) is 5.54. The van der Waals surface area contributed by atoms with E-state index in [1.165, 1.54) is 24.0 Å². The molecule has 0 saturated heterocycles. The molecule has 1 aliphatic carbocycles. The van der Waals surface area contributed by atoms with E-state index in [-0.39, 0.29) is 0 Å². The molecular weight excluding hydrogens is 188 g/mol. The summed E-state index contributed by atoms with van der Waals surface area (Å²) in [5.41, 5.74) is 2.46. The minimum Gasteiger partial charge on any atom is -0.467 e. The molecule has 0 unspecified atom stereocenters. The molecule has 1 saturated carbocycles. The molecule has 15 heavy (non-hydrogen) atoms. The van der Waals surface area contributed by atoms with Gasteiger partial charge in [0.05, 0.1) is 6.61 Å². The van der Waals surface area contributed by atoms with E-state index < -0.39 is 0 Å². The highest BCUT2D eigenvalue weighted by molar-refractivity contribution is 5.38. The highest BCUT2D eigenvalue weighted by atomic mass is 16.7. The summed E-state index contributed by atoms with van der Waals surface area (Å²) < 4.78 is 11.0. The molecule has 0 aromatic heterocycles. The second kappa shape index (κ2) is 4.67. The minimum atomic E-state index is 0.376. The van der Waals surface area contributed by atoms with Crippen molar-refractivity contribution in [3.63, 3.8) is 0 Å². The van der Waals surface area contributed by atoms with Crippen LogP contribution in [0.2, 0.25) is 0 Å². The van der Waals surface area contributed by atoms with Gasteiger partial charge in [0.1, 0.15) is 5.75 Å². The van der Waals surface area contributed by atoms with Gasteiger partial charge in [-0.05, 0) is 49.8 Å². The lowest BCUT2D eigenvalue weighted by Gasteiger charge is -2.10. The van der Waals surface area contributed by atoms with Gasteiger partial charge in [-0.15, -0.1) is 0 Å². The van der Waals surface area contributed by atoms with Crippen molar-refractivity contribution < 1.29 is 9.47 Å². The van der Waals surface area contributed by atoms with E-state index in [1.54, 1.807) is 0 Å². The van der Waals surface area contributed by atoms with Crippen LogP contribution in [0.1, 0.15) is 24.0 Å². The molecular formula is C13H18O2. The monoisotopic (exact) mass is 206 g/mol. The van der Waals surface area contributed by atoms with Crippen molar-refractivity contribution in [3.8, 4) is 5.75 Å². The van der Waals surface area contributed by atoms with Gasteiger partial charge in [0.15, 0.2) is 6.79 Å². The summed E-state index contributed by atoms with van der Waals surface area (Å²) in [6.45, 7) is 5.39. The number of hydrogen-bond donors (Lipinski definition) is 0. The van der Waals surface area contributed by atoms with Crippen LogP contribution in [0, 0.1) is 19.8 Å². The Morgan fingerprint density at radius 3 is 2.80 bits per heavy atom. The first-order chi connectivity index (χ1) is 7.27. The summed E-state index contributed by atoms with van der Waals surface area (Å²) in [5.74, 6) is 1.73. The fourth-order valence-electron chi connectivity index (χ4n) is 1.48. The molecule has 1 aliphatic rings. The van der Waals surface area contributed by atoms with Crippen LogP contribution < -0.4 is 4.74 Å². The highest BCUT2D eigenvalue weighted by Crippen LogP contribution is 2.28. The second-order valence-corrected chi connectivity index (χ2v) is 4.27. The van der Waals surface area contributed by atoms with Gasteiger partial charge in [0.25, 0.3) is 0 Å². The molecule has 0 bridgehead atoms. The lowest BCUT2D eigenvalue weighted by Crippen LogP contribution is -2.06. The minimum absolute atomic E-state index is 0.376. The van der Waals surface area contributed by atoms with Crippen LogP contribution in [0.25, 0.3) is 0 Å². The smallest absolute Gasteiger partial charge is 0.189 e. The highest BCUT2D eigenvalue weighted by Gasteiger charge is 2.21. The molecule has 0 atom stereocenters. The maximum Gasteiger partial charge on any atom is 0.189 e. The fourth-order valence-corrected chi connectivity index (χ4v) is 1.48. The van der Waals surface area contributed by atoms with E-state index in [0.29, 0.717) is 6.79 Å². The Hall–Kier alpha value is -1.02. The number of ether oxygens (including phenoxy) is 2. The standard InChI is InChI=1S/C13H18O2/c1-10-4-3-5-13(11(10)2)15-9-14-8-12-6-7-12/h3-5,12H,6-9H2,1-2H3. The van der Waals surface area contributed by atoms with Gasteiger partial charge in [-0.25, -0.2) is 0 Å². The maximum atomic E-state index is 5.57. The van der Waals surface area contributed by atoms with Gasteiger partial charge in [-0.2, -0.15) is 0 Å². The third kappa shape index (κ3) is 2.96. The van der Waals surface area contributed by atoms with Gasteiger partial charge < -0.3 is 9.47 Å². The molecule has 0 heterocycles. The van der Waals surface area contributed by atoms with Gasteiger partial charge >= 0.3 is 0 Å². The third-order valence-electron chi connectivity index (χ3n) is 2.90. The first kappa shape index (κ1) is 10.5. The molecule has 2 rings (SSSR count). The molecule has 1 aromatic carbocycles. The average Bonchev–Trinajstić information content (AvgIpc) is 3.02. The molecule has 0 aliphatic heterocycles. The molecule has 1 aromatic rings.